The van der Waals surface area contributed by atoms with Crippen LogP contribution in [-0.2, 0) is 4.79 Å². The first kappa shape index (κ1) is 26.6. The van der Waals surface area contributed by atoms with Gasteiger partial charge in [0.1, 0.15) is 5.75 Å². The molecule has 0 unspecified atom stereocenters. The molecule has 8 nitrogen and oxygen atoms in total. The van der Waals surface area contributed by atoms with E-state index in [1.807, 2.05) is 48.5 Å². The molecule has 1 amide bonds. The third-order valence-corrected chi connectivity index (χ3v) is 4.72. The molecule has 1 aliphatic rings. The molecule has 2 aromatic carbocycles. The summed E-state index contributed by atoms with van der Waals surface area (Å²) in [4.78, 5) is 18.1. The quantitative estimate of drug-likeness (QED) is 0.208. The van der Waals surface area contributed by atoms with Crippen molar-refractivity contribution in [3.05, 3.63) is 48.5 Å². The molecule has 2 aromatic rings. The van der Waals surface area contributed by atoms with E-state index in [9.17, 15) is 4.79 Å². The summed E-state index contributed by atoms with van der Waals surface area (Å²) < 4.78 is 17.2. The van der Waals surface area contributed by atoms with Crippen LogP contribution in [0, 0.1) is 0 Å². The minimum atomic E-state index is 0. The van der Waals surface area contributed by atoms with Gasteiger partial charge in [0.2, 0.25) is 5.91 Å². The van der Waals surface area contributed by atoms with Crippen molar-refractivity contribution in [2.45, 2.75) is 19.3 Å². The maximum Gasteiger partial charge on any atom is 0.223 e. The van der Waals surface area contributed by atoms with Crippen LogP contribution in [-0.4, -0.2) is 63.8 Å². The zero-order valence-corrected chi connectivity index (χ0v) is 21.5. The molecular formula is C24H33IN4O4. The van der Waals surface area contributed by atoms with Crippen molar-refractivity contribution in [3.63, 3.8) is 0 Å². The third-order valence-electron chi connectivity index (χ3n) is 4.72. The molecule has 0 fully saturated rings. The molecule has 0 atom stereocenters. The first-order chi connectivity index (χ1) is 15.6. The van der Waals surface area contributed by atoms with Crippen LogP contribution in [0.2, 0.25) is 0 Å². The number of hydrogen-bond donors (Lipinski definition) is 2. The van der Waals surface area contributed by atoms with E-state index in [2.05, 4.69) is 15.6 Å². The molecule has 1 heterocycles. The molecule has 3 rings (SSSR count). The number of ether oxygens (including phenoxy) is 3. The summed E-state index contributed by atoms with van der Waals surface area (Å²) in [5, 5.41) is 6.53. The van der Waals surface area contributed by atoms with Crippen LogP contribution in [0.25, 0.3) is 0 Å². The molecule has 33 heavy (non-hydrogen) atoms. The van der Waals surface area contributed by atoms with Crippen LogP contribution in [0.3, 0.4) is 0 Å². The normalized spacial score (nSPS) is 12.7. The number of hydrogen-bond acceptors (Lipinski definition) is 5. The monoisotopic (exact) mass is 568 g/mol. The average molecular weight is 568 g/mol. The van der Waals surface area contributed by atoms with Gasteiger partial charge in [-0.15, -0.1) is 24.0 Å². The van der Waals surface area contributed by atoms with Crippen LogP contribution in [0.1, 0.15) is 19.3 Å². The minimum Gasteiger partial charge on any atom is -0.494 e. The second-order valence-electron chi connectivity index (χ2n) is 7.55. The fraction of sp³-hybridized carbons (Fsp3) is 0.417. The lowest BCUT2D eigenvalue weighted by Crippen LogP contribution is -2.34. The summed E-state index contributed by atoms with van der Waals surface area (Å²) in [5.41, 5.74) is 0.833. The molecule has 0 saturated heterocycles. The van der Waals surface area contributed by atoms with Crippen LogP contribution >= 0.6 is 24.0 Å². The molecule has 0 bridgehead atoms. The second-order valence-corrected chi connectivity index (χ2v) is 7.55. The van der Waals surface area contributed by atoms with Crippen LogP contribution in [0.4, 0.5) is 5.69 Å². The molecule has 0 aliphatic carbocycles. The van der Waals surface area contributed by atoms with Gasteiger partial charge >= 0.3 is 0 Å². The Bertz CT molecular complexity index is 893. The number of benzene rings is 2. The highest BCUT2D eigenvalue weighted by Crippen LogP contribution is 2.32. The second kappa shape index (κ2) is 14.5. The number of rotatable bonds is 9. The zero-order valence-electron chi connectivity index (χ0n) is 19.2. The average Bonchev–Trinajstić information content (AvgIpc) is 3.04. The largest absolute Gasteiger partial charge is 0.494 e. The van der Waals surface area contributed by atoms with E-state index in [1.165, 1.54) is 0 Å². The lowest BCUT2D eigenvalue weighted by Gasteiger charge is -2.15. The molecule has 2 N–H and O–H groups in total. The number of carbonyl (C=O) groups excluding carboxylic acids is 1. The molecule has 0 saturated carbocycles. The van der Waals surface area contributed by atoms with E-state index < -0.39 is 0 Å². The Labute approximate surface area is 212 Å². The Morgan fingerprint density at radius 1 is 1.09 bits per heavy atom. The van der Waals surface area contributed by atoms with Crippen LogP contribution < -0.4 is 24.8 Å². The Morgan fingerprint density at radius 3 is 2.61 bits per heavy atom. The van der Waals surface area contributed by atoms with Crippen molar-refractivity contribution < 1.29 is 19.0 Å². The predicted octanol–water partition coefficient (Wildman–Crippen LogP) is 3.77. The molecule has 0 radical (unpaired) electrons. The van der Waals surface area contributed by atoms with Gasteiger partial charge in [-0.25, -0.2) is 0 Å². The number of carbonyl (C=O) groups is 1. The Balaban J connectivity index is 0.00000385. The van der Waals surface area contributed by atoms with Crippen LogP contribution in [0.5, 0.6) is 17.2 Å². The third kappa shape index (κ3) is 9.37. The van der Waals surface area contributed by atoms with Crippen molar-refractivity contribution >= 4 is 41.5 Å². The van der Waals surface area contributed by atoms with E-state index in [4.69, 9.17) is 14.2 Å². The number of anilines is 1. The maximum atomic E-state index is 11.9. The van der Waals surface area contributed by atoms with Crippen molar-refractivity contribution in [1.29, 1.82) is 0 Å². The summed E-state index contributed by atoms with van der Waals surface area (Å²) in [6.45, 7) is 2.91. The smallest absolute Gasteiger partial charge is 0.223 e. The molecule has 1 aliphatic heterocycles. The van der Waals surface area contributed by atoms with Crippen molar-refractivity contribution in [3.8, 4) is 17.2 Å². The summed E-state index contributed by atoms with van der Waals surface area (Å²) in [6.07, 6.45) is 2.00. The molecule has 0 spiro atoms. The van der Waals surface area contributed by atoms with E-state index in [0.717, 1.165) is 30.0 Å². The summed E-state index contributed by atoms with van der Waals surface area (Å²) in [6, 6.07) is 15.4. The van der Waals surface area contributed by atoms with E-state index in [0.29, 0.717) is 51.0 Å². The SMILES string of the molecule is CN(C)C(=O)CCNC(=NCCCOc1ccccc1)Nc1ccc2c(c1)OCCCO2.I. The van der Waals surface area contributed by atoms with Gasteiger partial charge in [0, 0.05) is 58.2 Å². The van der Waals surface area contributed by atoms with Gasteiger partial charge in [0.25, 0.3) is 0 Å². The van der Waals surface area contributed by atoms with Gasteiger partial charge in [-0.2, -0.15) is 0 Å². The van der Waals surface area contributed by atoms with E-state index in [-0.39, 0.29) is 29.9 Å². The highest BCUT2D eigenvalue weighted by Gasteiger charge is 2.12. The zero-order chi connectivity index (χ0) is 22.6. The van der Waals surface area contributed by atoms with Gasteiger partial charge in [-0.1, -0.05) is 18.2 Å². The lowest BCUT2D eigenvalue weighted by molar-refractivity contribution is -0.128. The number of guanidine groups is 1. The van der Waals surface area contributed by atoms with Gasteiger partial charge in [0.15, 0.2) is 17.5 Å². The Kier molecular flexibility index (Phi) is 11.6. The number of nitrogens with zero attached hydrogens (tertiary/aromatic N) is 2. The number of aliphatic imine (C=N–C) groups is 1. The van der Waals surface area contributed by atoms with Gasteiger partial charge in [-0.3, -0.25) is 9.79 Å². The molecular weight excluding hydrogens is 535 g/mol. The number of nitrogens with one attached hydrogen (secondary N) is 2. The van der Waals surface area contributed by atoms with Crippen molar-refractivity contribution in [2.75, 3.05) is 52.3 Å². The van der Waals surface area contributed by atoms with E-state index in [1.54, 1.807) is 19.0 Å². The van der Waals surface area contributed by atoms with Crippen molar-refractivity contribution in [2.24, 2.45) is 4.99 Å². The predicted molar refractivity (Wildman–Crippen MR) is 141 cm³/mol. The minimum absolute atomic E-state index is 0. The van der Waals surface area contributed by atoms with Gasteiger partial charge in [-0.05, 0) is 24.3 Å². The topological polar surface area (TPSA) is 84.4 Å². The molecule has 9 heteroatoms. The van der Waals surface area contributed by atoms with E-state index >= 15 is 0 Å². The number of amides is 1. The first-order valence-electron chi connectivity index (χ1n) is 10.9. The summed E-state index contributed by atoms with van der Waals surface area (Å²) in [7, 11) is 3.50. The summed E-state index contributed by atoms with van der Waals surface area (Å²) in [5.74, 6) is 2.97. The Hall–Kier alpha value is -2.69. The molecule has 180 valence electrons. The number of fused-ring (bicyclic) bond motifs is 1. The highest BCUT2D eigenvalue weighted by molar-refractivity contribution is 14.0. The van der Waals surface area contributed by atoms with Gasteiger partial charge < -0.3 is 29.7 Å². The fourth-order valence-corrected chi connectivity index (χ4v) is 2.99. The first-order valence-corrected chi connectivity index (χ1v) is 10.9. The fourth-order valence-electron chi connectivity index (χ4n) is 2.99. The standard InChI is InChI=1S/C24H32N4O4.HI/c1-28(2)23(29)12-14-26-24(25-13-6-15-30-20-8-4-3-5-9-20)27-19-10-11-21-22(18-19)32-17-7-16-31-21;/h3-5,8-11,18H,6-7,12-17H2,1-2H3,(H2,25,26,27);1H. The Morgan fingerprint density at radius 2 is 1.85 bits per heavy atom. The van der Waals surface area contributed by atoms with Gasteiger partial charge in [0.05, 0.1) is 19.8 Å². The summed E-state index contributed by atoms with van der Waals surface area (Å²) >= 11 is 0. The van der Waals surface area contributed by atoms with Crippen LogP contribution in [0.15, 0.2) is 53.5 Å². The van der Waals surface area contributed by atoms with Crippen molar-refractivity contribution in [1.82, 2.24) is 10.2 Å². The molecule has 0 aromatic heterocycles. The number of halogens is 1. The lowest BCUT2D eigenvalue weighted by atomic mass is 10.2. The highest BCUT2D eigenvalue weighted by atomic mass is 127. The maximum absolute atomic E-state index is 11.9. The number of para-hydroxylation sites is 1.